The molecule has 4 heteroatoms. The zero-order chi connectivity index (χ0) is 12.3. The van der Waals surface area contributed by atoms with E-state index in [1.807, 2.05) is 19.2 Å². The van der Waals surface area contributed by atoms with Gasteiger partial charge in [-0.1, -0.05) is 0 Å². The predicted octanol–water partition coefficient (Wildman–Crippen LogP) is 2.36. The van der Waals surface area contributed by atoms with Crippen LogP contribution in [-0.2, 0) is 7.05 Å². The molecule has 0 aliphatic rings. The molecule has 0 saturated carbocycles. The fourth-order valence-corrected chi connectivity index (χ4v) is 1.40. The van der Waals surface area contributed by atoms with Crippen molar-refractivity contribution in [3.63, 3.8) is 0 Å². The lowest BCUT2D eigenvalue weighted by Crippen LogP contribution is -1.93. The van der Waals surface area contributed by atoms with E-state index in [-0.39, 0.29) is 0 Å². The second kappa shape index (κ2) is 4.42. The molecule has 0 bridgehead atoms. The summed E-state index contributed by atoms with van der Waals surface area (Å²) in [4.78, 5) is 0. The molecule has 2 rings (SSSR count). The van der Waals surface area contributed by atoms with Gasteiger partial charge in [0.25, 0.3) is 0 Å². The Hall–Kier alpha value is -2.72. The molecule has 0 fully saturated rings. The maximum absolute atomic E-state index is 8.89. The van der Waals surface area contributed by atoms with Crippen LogP contribution in [0.4, 0.5) is 0 Å². The van der Waals surface area contributed by atoms with Crippen LogP contribution in [0.5, 0.6) is 11.6 Å². The number of hydrogen-bond acceptors (Lipinski definition) is 3. The van der Waals surface area contributed by atoms with E-state index in [9.17, 15) is 0 Å². The number of nitrogens with zero attached hydrogens (tertiary/aromatic N) is 3. The van der Waals surface area contributed by atoms with E-state index in [1.165, 1.54) is 0 Å². The standard InChI is InChI=1S/C13H8N3O/c1-16-6-2-3-13(16)17-12-5-4-10(8-14)11(7-12)9-15/h2-5,7H,1H3. The largest absolute Gasteiger partial charge is 0.441 e. The third kappa shape index (κ3) is 2.11. The molecule has 1 heterocycles. The Labute approximate surface area is 98.9 Å². The molecule has 17 heavy (non-hydrogen) atoms. The zero-order valence-corrected chi connectivity index (χ0v) is 9.14. The quantitative estimate of drug-likeness (QED) is 0.783. The van der Waals surface area contributed by atoms with E-state index in [4.69, 9.17) is 15.3 Å². The van der Waals surface area contributed by atoms with Gasteiger partial charge in [-0.15, -0.1) is 0 Å². The maximum Gasteiger partial charge on any atom is 0.200 e. The third-order valence-electron chi connectivity index (χ3n) is 2.28. The molecule has 1 aromatic carbocycles. The fourth-order valence-electron chi connectivity index (χ4n) is 1.40. The highest BCUT2D eigenvalue weighted by molar-refractivity contribution is 5.49. The highest BCUT2D eigenvalue weighted by Gasteiger charge is 2.05. The number of nitriles is 2. The summed E-state index contributed by atoms with van der Waals surface area (Å²) in [6, 6.07) is 12.2. The smallest absolute Gasteiger partial charge is 0.200 e. The first-order valence-corrected chi connectivity index (χ1v) is 4.90. The van der Waals surface area contributed by atoms with Gasteiger partial charge in [0, 0.05) is 13.1 Å². The zero-order valence-electron chi connectivity index (χ0n) is 9.14. The van der Waals surface area contributed by atoms with Crippen LogP contribution >= 0.6 is 0 Å². The van der Waals surface area contributed by atoms with E-state index < -0.39 is 0 Å². The summed E-state index contributed by atoms with van der Waals surface area (Å²) in [6.45, 7) is 0. The lowest BCUT2D eigenvalue weighted by molar-refractivity contribution is 0.442. The number of hydrogen-bond donors (Lipinski definition) is 0. The molecule has 0 N–H and O–H groups in total. The third-order valence-corrected chi connectivity index (χ3v) is 2.28. The number of rotatable bonds is 2. The van der Waals surface area contributed by atoms with Gasteiger partial charge in [0.15, 0.2) is 5.88 Å². The summed E-state index contributed by atoms with van der Waals surface area (Å²) in [7, 11) is 1.81. The number of aryl methyl sites for hydroxylation is 1. The number of ether oxygens (including phenoxy) is 1. The first-order valence-electron chi connectivity index (χ1n) is 4.90. The first kappa shape index (κ1) is 10.8. The van der Waals surface area contributed by atoms with Crippen LogP contribution in [0.25, 0.3) is 0 Å². The molecule has 1 radical (unpaired) electrons. The Morgan fingerprint density at radius 2 is 1.94 bits per heavy atom. The average molecular weight is 222 g/mol. The lowest BCUT2D eigenvalue weighted by Gasteiger charge is -2.06. The molecule has 0 unspecified atom stereocenters. The van der Waals surface area contributed by atoms with Gasteiger partial charge < -0.3 is 9.30 Å². The fraction of sp³-hybridized carbons (Fsp3) is 0.0769. The Kier molecular flexibility index (Phi) is 2.81. The second-order valence-corrected chi connectivity index (χ2v) is 3.39. The van der Waals surface area contributed by atoms with Crippen molar-refractivity contribution in [2.75, 3.05) is 0 Å². The molecule has 81 valence electrons. The molecule has 0 atom stereocenters. The minimum Gasteiger partial charge on any atom is -0.441 e. The topological polar surface area (TPSA) is 61.7 Å². The predicted molar refractivity (Wildman–Crippen MR) is 60.2 cm³/mol. The van der Waals surface area contributed by atoms with E-state index in [0.29, 0.717) is 22.8 Å². The Bertz CT molecular complexity index is 629. The van der Waals surface area contributed by atoms with Gasteiger partial charge in [0.1, 0.15) is 17.9 Å². The molecular weight excluding hydrogens is 214 g/mol. The van der Waals surface area contributed by atoms with Crippen molar-refractivity contribution in [3.05, 3.63) is 47.7 Å². The normalized spacial score (nSPS) is 9.35. The van der Waals surface area contributed by atoms with E-state index in [2.05, 4.69) is 6.20 Å². The van der Waals surface area contributed by atoms with Crippen molar-refractivity contribution in [3.8, 4) is 23.8 Å². The SMILES string of the molecule is Cn1[c]ccc1Oc1ccc(C#N)c(C#N)c1. The molecule has 0 saturated heterocycles. The maximum atomic E-state index is 8.89. The van der Waals surface area contributed by atoms with Crippen LogP contribution in [0.15, 0.2) is 30.3 Å². The number of aromatic nitrogens is 1. The van der Waals surface area contributed by atoms with Crippen LogP contribution < -0.4 is 4.74 Å². The summed E-state index contributed by atoms with van der Waals surface area (Å²) >= 11 is 0. The molecule has 0 spiro atoms. The summed E-state index contributed by atoms with van der Waals surface area (Å²) in [6.07, 6.45) is 2.91. The Morgan fingerprint density at radius 1 is 1.18 bits per heavy atom. The van der Waals surface area contributed by atoms with Crippen LogP contribution in [0.1, 0.15) is 11.1 Å². The van der Waals surface area contributed by atoms with Crippen LogP contribution in [-0.4, -0.2) is 4.57 Å². The first-order chi connectivity index (χ1) is 8.24. The average Bonchev–Trinajstić information content (AvgIpc) is 2.75. The molecule has 1 aromatic heterocycles. The van der Waals surface area contributed by atoms with E-state index >= 15 is 0 Å². The van der Waals surface area contributed by atoms with Crippen LogP contribution in [0.2, 0.25) is 0 Å². The second-order valence-electron chi connectivity index (χ2n) is 3.39. The van der Waals surface area contributed by atoms with Crippen molar-refractivity contribution in [2.45, 2.75) is 0 Å². The Morgan fingerprint density at radius 3 is 2.53 bits per heavy atom. The molecule has 0 amide bonds. The van der Waals surface area contributed by atoms with Crippen molar-refractivity contribution in [1.82, 2.24) is 4.57 Å². The van der Waals surface area contributed by atoms with Gasteiger partial charge >= 0.3 is 0 Å². The summed E-state index contributed by atoms with van der Waals surface area (Å²) in [5, 5.41) is 17.7. The summed E-state index contributed by atoms with van der Waals surface area (Å²) < 4.78 is 7.26. The summed E-state index contributed by atoms with van der Waals surface area (Å²) in [5.74, 6) is 1.15. The lowest BCUT2D eigenvalue weighted by atomic mass is 10.1. The van der Waals surface area contributed by atoms with Gasteiger partial charge in [0.05, 0.1) is 17.3 Å². The van der Waals surface area contributed by atoms with Crippen molar-refractivity contribution in [1.29, 1.82) is 10.5 Å². The summed E-state index contributed by atoms with van der Waals surface area (Å²) in [5.41, 5.74) is 0.654. The Balaban J connectivity index is 2.33. The van der Waals surface area contributed by atoms with Gasteiger partial charge in [-0.2, -0.15) is 10.5 Å². The highest BCUT2D eigenvalue weighted by Crippen LogP contribution is 2.23. The van der Waals surface area contributed by atoms with Crippen LogP contribution in [0.3, 0.4) is 0 Å². The van der Waals surface area contributed by atoms with Gasteiger partial charge in [0.2, 0.25) is 0 Å². The van der Waals surface area contributed by atoms with Crippen molar-refractivity contribution < 1.29 is 4.74 Å². The van der Waals surface area contributed by atoms with Gasteiger partial charge in [-0.25, -0.2) is 0 Å². The minimum atomic E-state index is 0.309. The van der Waals surface area contributed by atoms with Crippen molar-refractivity contribution in [2.24, 2.45) is 7.05 Å². The molecule has 0 aliphatic heterocycles. The molecule has 4 nitrogen and oxygen atoms in total. The molecule has 2 aromatic rings. The van der Waals surface area contributed by atoms with Crippen molar-refractivity contribution >= 4 is 0 Å². The number of benzene rings is 1. The minimum absolute atomic E-state index is 0.309. The van der Waals surface area contributed by atoms with E-state index in [1.54, 1.807) is 34.9 Å². The molecular formula is C13H8N3O. The monoisotopic (exact) mass is 222 g/mol. The highest BCUT2D eigenvalue weighted by atomic mass is 16.5. The molecule has 0 aliphatic carbocycles. The van der Waals surface area contributed by atoms with Crippen LogP contribution in [0, 0.1) is 28.9 Å². The van der Waals surface area contributed by atoms with E-state index in [0.717, 1.165) is 0 Å². The van der Waals surface area contributed by atoms with Gasteiger partial charge in [-0.3, -0.25) is 0 Å². The van der Waals surface area contributed by atoms with Gasteiger partial charge in [-0.05, 0) is 24.3 Å².